The summed E-state index contributed by atoms with van der Waals surface area (Å²) >= 11 is 0. The number of rotatable bonds is 5. The van der Waals surface area contributed by atoms with Crippen molar-refractivity contribution in [1.29, 1.82) is 5.26 Å². The maximum absolute atomic E-state index is 9.21. The summed E-state index contributed by atoms with van der Waals surface area (Å²) in [6, 6.07) is 6.65. The first kappa shape index (κ1) is 13.8. The minimum Gasteiger partial charge on any atom is -0.367 e. The zero-order chi connectivity index (χ0) is 13.7. The summed E-state index contributed by atoms with van der Waals surface area (Å²) in [6.45, 7) is 7.43. The molecule has 0 aliphatic carbocycles. The largest absolute Gasteiger partial charge is 0.367 e. The molecular formula is C15H22N4. The molecule has 1 aliphatic heterocycles. The van der Waals surface area contributed by atoms with Crippen LogP contribution in [0.25, 0.3) is 0 Å². The van der Waals surface area contributed by atoms with Crippen LogP contribution in [0.15, 0.2) is 18.3 Å². The summed E-state index contributed by atoms with van der Waals surface area (Å²) in [5.74, 6) is 0.563. The summed E-state index contributed by atoms with van der Waals surface area (Å²) < 4.78 is 0. The normalized spacial score (nSPS) is 18.5. The van der Waals surface area contributed by atoms with E-state index in [0.717, 1.165) is 25.3 Å². The highest BCUT2D eigenvalue weighted by atomic mass is 15.2. The Morgan fingerprint density at radius 2 is 2.42 bits per heavy atom. The number of nitrogens with one attached hydrogen (secondary N) is 1. The molecule has 0 aromatic carbocycles. The van der Waals surface area contributed by atoms with Crippen molar-refractivity contribution in [2.45, 2.75) is 32.7 Å². The third-order valence-corrected chi connectivity index (χ3v) is 3.42. The minimum atomic E-state index is 0.529. The topological polar surface area (TPSA) is 52.0 Å². The van der Waals surface area contributed by atoms with Gasteiger partial charge in [-0.1, -0.05) is 13.8 Å². The maximum Gasteiger partial charge on any atom is 0.163 e. The van der Waals surface area contributed by atoms with Gasteiger partial charge in [0.05, 0.1) is 5.69 Å². The Morgan fingerprint density at radius 1 is 1.58 bits per heavy atom. The fraction of sp³-hybridized carbons (Fsp3) is 0.600. The highest BCUT2D eigenvalue weighted by Crippen LogP contribution is 2.20. The fourth-order valence-corrected chi connectivity index (χ4v) is 2.63. The van der Waals surface area contributed by atoms with Crippen molar-refractivity contribution >= 4 is 5.69 Å². The number of anilines is 1. The Hall–Kier alpha value is -1.60. The van der Waals surface area contributed by atoms with E-state index in [1.54, 1.807) is 6.20 Å². The van der Waals surface area contributed by atoms with E-state index in [0.29, 0.717) is 17.7 Å². The second-order valence-electron chi connectivity index (χ2n) is 5.58. The van der Waals surface area contributed by atoms with Crippen molar-refractivity contribution in [2.24, 2.45) is 5.92 Å². The van der Waals surface area contributed by atoms with Crippen LogP contribution in [-0.2, 0) is 0 Å². The highest BCUT2D eigenvalue weighted by molar-refractivity contribution is 5.55. The van der Waals surface area contributed by atoms with Crippen LogP contribution >= 0.6 is 0 Å². The molecule has 1 aromatic rings. The zero-order valence-corrected chi connectivity index (χ0v) is 11.8. The van der Waals surface area contributed by atoms with Gasteiger partial charge in [-0.2, -0.15) is 5.26 Å². The van der Waals surface area contributed by atoms with Gasteiger partial charge < -0.3 is 10.2 Å². The summed E-state index contributed by atoms with van der Waals surface area (Å²) in [5.41, 5.74) is 1.49. The van der Waals surface area contributed by atoms with Gasteiger partial charge in [0.25, 0.3) is 0 Å². The van der Waals surface area contributed by atoms with E-state index in [4.69, 9.17) is 0 Å². The second kappa shape index (κ2) is 6.53. The van der Waals surface area contributed by atoms with Crippen LogP contribution in [0.2, 0.25) is 0 Å². The average molecular weight is 258 g/mol. The summed E-state index contributed by atoms with van der Waals surface area (Å²) in [4.78, 5) is 6.48. The molecule has 1 saturated heterocycles. The van der Waals surface area contributed by atoms with E-state index in [-0.39, 0.29) is 0 Å². The van der Waals surface area contributed by atoms with Crippen LogP contribution in [0, 0.1) is 17.2 Å². The molecule has 0 spiro atoms. The molecule has 2 rings (SSSR count). The van der Waals surface area contributed by atoms with Gasteiger partial charge >= 0.3 is 0 Å². The molecule has 19 heavy (non-hydrogen) atoms. The molecule has 1 atom stereocenters. The molecular weight excluding hydrogens is 236 g/mol. The third kappa shape index (κ3) is 3.68. The summed E-state index contributed by atoms with van der Waals surface area (Å²) in [6.07, 6.45) is 4.15. The lowest BCUT2D eigenvalue weighted by Gasteiger charge is -2.29. The molecule has 1 N–H and O–H groups in total. The quantitative estimate of drug-likeness (QED) is 0.879. The smallest absolute Gasteiger partial charge is 0.163 e. The predicted octanol–water partition coefficient (Wildman–Crippen LogP) is 2.17. The molecule has 0 radical (unpaired) electrons. The van der Waals surface area contributed by atoms with Crippen LogP contribution in [0.1, 0.15) is 32.4 Å². The standard InChI is InChI=1S/C15H22N4/c1-12(2)10-19(11-13-5-3-7-17-13)15-6-4-8-18-14(15)9-16/h4,6,8,12-13,17H,3,5,7,10-11H2,1-2H3. The second-order valence-corrected chi connectivity index (χ2v) is 5.58. The van der Waals surface area contributed by atoms with Crippen molar-refractivity contribution in [3.63, 3.8) is 0 Å². The predicted molar refractivity (Wildman–Crippen MR) is 77.0 cm³/mol. The molecule has 1 aliphatic rings. The van der Waals surface area contributed by atoms with Gasteiger partial charge in [0.1, 0.15) is 6.07 Å². The van der Waals surface area contributed by atoms with E-state index < -0.39 is 0 Å². The van der Waals surface area contributed by atoms with Crippen LogP contribution in [0.5, 0.6) is 0 Å². The molecule has 1 unspecified atom stereocenters. The number of aromatic nitrogens is 1. The number of hydrogen-bond acceptors (Lipinski definition) is 4. The lowest BCUT2D eigenvalue weighted by atomic mass is 10.1. The monoisotopic (exact) mass is 258 g/mol. The molecule has 0 amide bonds. The van der Waals surface area contributed by atoms with Gasteiger partial charge in [-0.15, -0.1) is 0 Å². The van der Waals surface area contributed by atoms with Crippen molar-refractivity contribution in [1.82, 2.24) is 10.3 Å². The van der Waals surface area contributed by atoms with Gasteiger partial charge in [-0.25, -0.2) is 4.98 Å². The van der Waals surface area contributed by atoms with E-state index in [9.17, 15) is 5.26 Å². The minimum absolute atomic E-state index is 0.529. The van der Waals surface area contributed by atoms with Crippen molar-refractivity contribution in [3.05, 3.63) is 24.0 Å². The van der Waals surface area contributed by atoms with E-state index in [1.807, 2.05) is 12.1 Å². The number of nitrogens with zero attached hydrogens (tertiary/aromatic N) is 3. The Balaban J connectivity index is 2.18. The van der Waals surface area contributed by atoms with Crippen molar-refractivity contribution in [2.75, 3.05) is 24.5 Å². The molecule has 0 bridgehead atoms. The number of pyridine rings is 1. The molecule has 0 saturated carbocycles. The number of hydrogen-bond donors (Lipinski definition) is 1. The fourth-order valence-electron chi connectivity index (χ4n) is 2.63. The first-order valence-corrected chi connectivity index (χ1v) is 7.04. The molecule has 102 valence electrons. The maximum atomic E-state index is 9.21. The van der Waals surface area contributed by atoms with Gasteiger partial charge in [-0.05, 0) is 37.4 Å². The van der Waals surface area contributed by atoms with Crippen LogP contribution in [0.3, 0.4) is 0 Å². The molecule has 1 fully saturated rings. The first-order chi connectivity index (χ1) is 9.20. The zero-order valence-electron chi connectivity index (χ0n) is 11.8. The molecule has 4 nitrogen and oxygen atoms in total. The van der Waals surface area contributed by atoms with Crippen LogP contribution in [0.4, 0.5) is 5.69 Å². The number of nitriles is 1. The highest BCUT2D eigenvalue weighted by Gasteiger charge is 2.20. The Labute approximate surface area is 115 Å². The molecule has 2 heterocycles. The van der Waals surface area contributed by atoms with Crippen LogP contribution in [-0.4, -0.2) is 30.7 Å². The Morgan fingerprint density at radius 3 is 3.05 bits per heavy atom. The van der Waals surface area contributed by atoms with Gasteiger partial charge in [0.15, 0.2) is 5.69 Å². The average Bonchev–Trinajstić information content (AvgIpc) is 2.90. The third-order valence-electron chi connectivity index (χ3n) is 3.42. The lowest BCUT2D eigenvalue weighted by Crippen LogP contribution is -2.39. The van der Waals surface area contributed by atoms with Gasteiger partial charge in [0, 0.05) is 25.3 Å². The van der Waals surface area contributed by atoms with E-state index in [2.05, 4.69) is 35.1 Å². The SMILES string of the molecule is CC(C)CN(CC1CCCN1)c1cccnc1C#N. The first-order valence-electron chi connectivity index (χ1n) is 7.04. The van der Waals surface area contributed by atoms with Crippen molar-refractivity contribution < 1.29 is 0 Å². The molecule has 4 heteroatoms. The molecule has 1 aromatic heterocycles. The van der Waals surface area contributed by atoms with Gasteiger partial charge in [0.2, 0.25) is 0 Å². The Kier molecular flexibility index (Phi) is 4.75. The van der Waals surface area contributed by atoms with Gasteiger partial charge in [-0.3, -0.25) is 0 Å². The van der Waals surface area contributed by atoms with E-state index >= 15 is 0 Å². The summed E-state index contributed by atoms with van der Waals surface area (Å²) in [5, 5.41) is 12.7. The summed E-state index contributed by atoms with van der Waals surface area (Å²) in [7, 11) is 0. The Bertz CT molecular complexity index is 444. The van der Waals surface area contributed by atoms with Crippen LogP contribution < -0.4 is 10.2 Å². The van der Waals surface area contributed by atoms with Crippen molar-refractivity contribution in [3.8, 4) is 6.07 Å². The van der Waals surface area contributed by atoms with E-state index in [1.165, 1.54) is 12.8 Å². The lowest BCUT2D eigenvalue weighted by molar-refractivity contribution is 0.540.